The van der Waals surface area contributed by atoms with Crippen LogP contribution in [-0.2, 0) is 0 Å². The molecule has 0 radical (unpaired) electrons. The van der Waals surface area contributed by atoms with Crippen LogP contribution in [0.2, 0.25) is 0 Å². The highest BCUT2D eigenvalue weighted by Crippen LogP contribution is 3.02. The second kappa shape index (κ2) is 4.81. The van der Waals surface area contributed by atoms with Crippen molar-refractivity contribution >= 4 is 21.8 Å². The zero-order valence-corrected chi connectivity index (χ0v) is 13.9. The monoisotopic (exact) mass is 379 g/mol. The molecule has 3 rings (SSSR count). The molecule has 136 valence electrons. The molecule has 0 bridgehead atoms. The Hall–Kier alpha value is -2.43. The van der Waals surface area contributed by atoms with Crippen LogP contribution in [-0.4, -0.2) is 19.6 Å². The Morgan fingerprint density at radius 1 is 1.08 bits per heavy atom. The highest BCUT2D eigenvalue weighted by atomic mass is 32.5. The first-order valence-electron chi connectivity index (χ1n) is 7.11. The number of aryl methyl sites for hydroxylation is 1. The molecule has 11 heteroatoms. The minimum Gasteiger partial charge on any atom is -0.363 e. The molecule has 5 nitrogen and oxygen atoms in total. The average molecular weight is 379 g/mol. The Kier molecular flexibility index (Phi) is 3.35. The molecule has 25 heavy (non-hydrogen) atoms. The van der Waals surface area contributed by atoms with E-state index in [-0.39, 0.29) is 0 Å². The first-order valence-corrected chi connectivity index (χ1v) is 9.06. The van der Waals surface area contributed by atoms with Crippen LogP contribution in [0, 0.1) is 6.92 Å². The number of hydrogen-bond donors (Lipinski definition) is 1. The highest BCUT2D eigenvalue weighted by molar-refractivity contribution is 8.45. The third-order valence-electron chi connectivity index (χ3n) is 3.57. The molecule has 1 N–H and O–H groups in total. The summed E-state index contributed by atoms with van der Waals surface area (Å²) in [5, 5.41) is 7.08. The van der Waals surface area contributed by atoms with E-state index in [0.717, 1.165) is 12.1 Å². The quantitative estimate of drug-likeness (QED) is 0.628. The Morgan fingerprint density at radius 3 is 2.32 bits per heavy atom. The van der Waals surface area contributed by atoms with Crippen molar-refractivity contribution in [2.75, 3.05) is 5.32 Å². The van der Waals surface area contributed by atoms with Gasteiger partial charge in [0.15, 0.2) is 0 Å². The predicted molar refractivity (Wildman–Crippen MR) is 85.4 cm³/mol. The normalized spacial score (nSPS) is 16.3. The lowest BCUT2D eigenvalue weighted by molar-refractivity contribution is 0.364. The molecule has 0 fully saturated rings. The summed E-state index contributed by atoms with van der Waals surface area (Å²) >= 11 is 0. The summed E-state index contributed by atoms with van der Waals surface area (Å²) in [5.41, 5.74) is 1.08. The maximum atomic E-state index is 12.8. The van der Waals surface area contributed by atoms with Crippen LogP contribution in [0.3, 0.4) is 0 Å². The zero-order valence-electron chi connectivity index (χ0n) is 13.1. The van der Waals surface area contributed by atoms with Crippen molar-refractivity contribution in [1.29, 1.82) is 0 Å². The Morgan fingerprint density at radius 2 is 1.72 bits per heavy atom. The highest BCUT2D eigenvalue weighted by Gasteiger charge is 2.65. The number of rotatable bonds is 4. The maximum Gasteiger partial charge on any atom is 0.310 e. The smallest absolute Gasteiger partial charge is 0.310 e. The second-order valence-corrected chi connectivity index (χ2v) is 8.07. The summed E-state index contributed by atoms with van der Waals surface area (Å²) in [6, 6.07) is 4.09. The van der Waals surface area contributed by atoms with Gasteiger partial charge in [0, 0.05) is 17.8 Å². The van der Waals surface area contributed by atoms with Crippen molar-refractivity contribution in [1.82, 2.24) is 19.6 Å². The topological polar surface area (TPSA) is 55.1 Å². The van der Waals surface area contributed by atoms with Crippen LogP contribution in [0.25, 0.3) is 5.78 Å². The Balaban J connectivity index is 1.89. The zero-order chi connectivity index (χ0) is 18.5. The van der Waals surface area contributed by atoms with E-state index in [9.17, 15) is 19.4 Å². The minimum atomic E-state index is -9.66. The summed E-state index contributed by atoms with van der Waals surface area (Å²) in [6.07, 6.45) is 1.32. The molecule has 0 unspecified atom stereocenters. The molecular formula is C14H14F5N5S. The molecule has 3 aromatic rings. The molecule has 0 spiro atoms. The average Bonchev–Trinajstić information content (AvgIpc) is 2.93. The van der Waals surface area contributed by atoms with E-state index in [1.807, 2.05) is 0 Å². The number of fused-ring (bicyclic) bond motifs is 1. The van der Waals surface area contributed by atoms with Crippen molar-refractivity contribution in [2.45, 2.75) is 24.8 Å². The van der Waals surface area contributed by atoms with Crippen molar-refractivity contribution in [3.63, 3.8) is 0 Å². The van der Waals surface area contributed by atoms with Gasteiger partial charge in [0.25, 0.3) is 5.78 Å². The maximum absolute atomic E-state index is 12.8. The molecular weight excluding hydrogens is 365 g/mol. The van der Waals surface area contributed by atoms with Crippen molar-refractivity contribution < 1.29 is 19.4 Å². The minimum absolute atomic E-state index is 0.367. The third kappa shape index (κ3) is 3.65. The van der Waals surface area contributed by atoms with Crippen molar-refractivity contribution in [3.8, 4) is 0 Å². The van der Waals surface area contributed by atoms with E-state index >= 15 is 0 Å². The number of benzene rings is 1. The molecule has 0 aliphatic heterocycles. The number of aromatic nitrogens is 4. The van der Waals surface area contributed by atoms with Gasteiger partial charge in [-0.05, 0) is 31.5 Å². The van der Waals surface area contributed by atoms with Gasteiger partial charge in [0.1, 0.15) is 17.0 Å². The van der Waals surface area contributed by atoms with Crippen molar-refractivity contribution in [2.24, 2.45) is 0 Å². The second-order valence-electron chi connectivity index (χ2n) is 5.66. The standard InChI is InChI=1S/C14H14F5N5S/c1-9-7-13(24-14(22-9)20-8-21-24)23-10(2)11-3-5-12(6-4-11)25(15,16,17,18)19/h3-8,10,23H,1-2H3/t10-/m1/s1. The number of nitrogens with zero attached hydrogens (tertiary/aromatic N) is 4. The number of anilines is 1. The molecule has 0 aliphatic rings. The number of halogens is 5. The van der Waals surface area contributed by atoms with Crippen LogP contribution >= 0.6 is 10.2 Å². The van der Waals surface area contributed by atoms with E-state index in [1.54, 1.807) is 19.9 Å². The van der Waals surface area contributed by atoms with Crippen LogP contribution in [0.4, 0.5) is 25.2 Å². The van der Waals surface area contributed by atoms with Gasteiger partial charge >= 0.3 is 10.2 Å². The fraction of sp³-hybridized carbons (Fsp3) is 0.214. The molecule has 1 atom stereocenters. The molecule has 0 saturated heterocycles. The van der Waals surface area contributed by atoms with Gasteiger partial charge in [0.2, 0.25) is 0 Å². The van der Waals surface area contributed by atoms with Gasteiger partial charge in [-0.15, -0.1) is 0 Å². The summed E-state index contributed by atoms with van der Waals surface area (Å²) in [4.78, 5) is 6.24. The first kappa shape index (κ1) is 17.4. The van der Waals surface area contributed by atoms with Crippen molar-refractivity contribution in [3.05, 3.63) is 47.9 Å². The van der Waals surface area contributed by atoms with Gasteiger partial charge < -0.3 is 5.32 Å². The molecule has 2 aromatic heterocycles. The largest absolute Gasteiger partial charge is 0.363 e. The fourth-order valence-corrected chi connectivity index (χ4v) is 3.00. The van der Waals surface area contributed by atoms with Crippen LogP contribution in [0.1, 0.15) is 24.2 Å². The third-order valence-corrected chi connectivity index (χ3v) is 4.73. The molecule has 0 saturated carbocycles. The van der Waals surface area contributed by atoms with E-state index in [1.165, 1.54) is 10.8 Å². The lowest BCUT2D eigenvalue weighted by atomic mass is 10.1. The molecule has 2 heterocycles. The van der Waals surface area contributed by atoms with Crippen LogP contribution in [0.5, 0.6) is 0 Å². The van der Waals surface area contributed by atoms with Gasteiger partial charge in [-0.25, -0.2) is 4.98 Å². The summed E-state index contributed by atoms with van der Waals surface area (Å²) in [7, 11) is -9.66. The van der Waals surface area contributed by atoms with Crippen LogP contribution in [0.15, 0.2) is 41.6 Å². The van der Waals surface area contributed by atoms with E-state index in [4.69, 9.17) is 0 Å². The SMILES string of the molecule is Cc1cc(N[C@H](C)c2ccc(S(F)(F)(F)(F)F)cc2)n2ncnc2n1. The molecule has 1 aromatic carbocycles. The molecule has 0 amide bonds. The lowest BCUT2D eigenvalue weighted by Gasteiger charge is -2.40. The fourth-order valence-electron chi connectivity index (χ4n) is 2.35. The Labute approximate surface area is 139 Å². The Bertz CT molecular complexity index is 937. The predicted octanol–water partition coefficient (Wildman–Crippen LogP) is 5.26. The first-order chi connectivity index (χ1) is 11.3. The summed E-state index contributed by atoms with van der Waals surface area (Å²) in [5.74, 6) is 0.898. The van der Waals surface area contributed by atoms with Gasteiger partial charge in [-0.2, -0.15) is 14.6 Å². The lowest BCUT2D eigenvalue weighted by Crippen LogP contribution is -2.12. The van der Waals surface area contributed by atoms with Gasteiger partial charge in [0.05, 0.1) is 0 Å². The van der Waals surface area contributed by atoms with Gasteiger partial charge in [-0.3, -0.25) is 0 Å². The number of hydrogen-bond acceptors (Lipinski definition) is 4. The van der Waals surface area contributed by atoms with E-state index in [0.29, 0.717) is 35.0 Å². The van der Waals surface area contributed by atoms with Crippen LogP contribution < -0.4 is 5.32 Å². The summed E-state index contributed by atoms with van der Waals surface area (Å²) in [6.45, 7) is 3.45. The van der Waals surface area contributed by atoms with Gasteiger partial charge in [-0.1, -0.05) is 31.6 Å². The summed E-state index contributed by atoms with van der Waals surface area (Å²) < 4.78 is 65.3. The van der Waals surface area contributed by atoms with E-state index in [2.05, 4.69) is 20.4 Å². The van der Waals surface area contributed by atoms with E-state index < -0.39 is 21.2 Å². The molecule has 0 aliphatic carbocycles. The number of nitrogens with one attached hydrogen (secondary N) is 1.